The van der Waals surface area contributed by atoms with Gasteiger partial charge < -0.3 is 5.32 Å². The predicted molar refractivity (Wildman–Crippen MR) is 102 cm³/mol. The molecular formula is C18H21BrN2O3S. The highest BCUT2D eigenvalue weighted by Gasteiger charge is 2.20. The van der Waals surface area contributed by atoms with E-state index in [9.17, 15) is 13.2 Å². The van der Waals surface area contributed by atoms with Gasteiger partial charge in [0.05, 0.1) is 16.5 Å². The molecule has 134 valence electrons. The highest BCUT2D eigenvalue weighted by atomic mass is 79.9. The quantitative estimate of drug-likeness (QED) is 0.741. The van der Waals surface area contributed by atoms with E-state index in [0.717, 1.165) is 12.0 Å². The first-order chi connectivity index (χ1) is 11.7. The second kappa shape index (κ2) is 8.12. The van der Waals surface area contributed by atoms with Gasteiger partial charge in [0.1, 0.15) is 0 Å². The van der Waals surface area contributed by atoms with E-state index in [-0.39, 0.29) is 22.4 Å². The van der Waals surface area contributed by atoms with Crippen molar-refractivity contribution in [3.8, 4) is 0 Å². The van der Waals surface area contributed by atoms with Gasteiger partial charge in [0.25, 0.3) is 5.91 Å². The first-order valence-corrected chi connectivity index (χ1v) is 10.2. The molecule has 0 bridgehead atoms. The summed E-state index contributed by atoms with van der Waals surface area (Å²) in [4.78, 5) is 12.6. The zero-order chi connectivity index (χ0) is 18.6. The van der Waals surface area contributed by atoms with Crippen LogP contribution in [0.2, 0.25) is 0 Å². The average molecular weight is 425 g/mol. The Labute approximate surface area is 156 Å². The molecular weight excluding hydrogens is 404 g/mol. The summed E-state index contributed by atoms with van der Waals surface area (Å²) in [5.41, 5.74) is 1.24. The fourth-order valence-corrected chi connectivity index (χ4v) is 3.49. The Kier molecular flexibility index (Phi) is 6.37. The van der Waals surface area contributed by atoms with Gasteiger partial charge in [0.15, 0.2) is 0 Å². The number of nitrogens with one attached hydrogen (secondary N) is 1. The van der Waals surface area contributed by atoms with E-state index in [1.165, 1.54) is 18.2 Å². The third-order valence-corrected chi connectivity index (χ3v) is 5.33. The average Bonchev–Trinajstić information content (AvgIpc) is 2.53. The van der Waals surface area contributed by atoms with Crippen LogP contribution in [0.4, 0.5) is 0 Å². The van der Waals surface area contributed by atoms with Crippen molar-refractivity contribution >= 4 is 31.9 Å². The van der Waals surface area contributed by atoms with Crippen LogP contribution in [0, 0.1) is 5.92 Å². The molecule has 0 aliphatic heterocycles. The summed E-state index contributed by atoms with van der Waals surface area (Å²) in [5.74, 6) is 0.0246. The number of rotatable bonds is 6. The van der Waals surface area contributed by atoms with E-state index in [0.29, 0.717) is 10.4 Å². The van der Waals surface area contributed by atoms with E-state index >= 15 is 0 Å². The Balaban J connectivity index is 2.32. The monoisotopic (exact) mass is 424 g/mol. The molecule has 3 N–H and O–H groups in total. The van der Waals surface area contributed by atoms with E-state index < -0.39 is 10.0 Å². The van der Waals surface area contributed by atoms with Crippen LogP contribution in [-0.2, 0) is 10.0 Å². The number of carbonyl (C=O) groups is 1. The summed E-state index contributed by atoms with van der Waals surface area (Å²) in [6.45, 7) is 4.17. The first kappa shape index (κ1) is 19.6. The lowest BCUT2D eigenvalue weighted by Gasteiger charge is -2.21. The Bertz CT molecular complexity index is 852. The molecule has 5 nitrogen and oxygen atoms in total. The minimum atomic E-state index is -3.88. The molecule has 1 amide bonds. The molecule has 0 spiro atoms. The van der Waals surface area contributed by atoms with Crippen LogP contribution in [0.1, 0.15) is 42.2 Å². The number of benzene rings is 2. The summed E-state index contributed by atoms with van der Waals surface area (Å²) >= 11 is 3.30. The first-order valence-electron chi connectivity index (χ1n) is 7.86. The van der Waals surface area contributed by atoms with E-state index in [2.05, 4.69) is 35.1 Å². The van der Waals surface area contributed by atoms with Gasteiger partial charge >= 0.3 is 0 Å². The van der Waals surface area contributed by atoms with Gasteiger partial charge in [-0.1, -0.05) is 44.2 Å². The number of amides is 1. The fourth-order valence-electron chi connectivity index (χ4n) is 2.53. The van der Waals surface area contributed by atoms with Crippen molar-refractivity contribution in [2.24, 2.45) is 11.1 Å². The minimum Gasteiger partial charge on any atom is -0.345 e. The summed E-state index contributed by atoms with van der Waals surface area (Å²) in [6.07, 6.45) is 0.766. The second-order valence-electron chi connectivity index (χ2n) is 6.25. The lowest BCUT2D eigenvalue weighted by atomic mass is 9.96. The predicted octanol–water partition coefficient (Wildman–Crippen LogP) is 3.61. The van der Waals surface area contributed by atoms with E-state index in [1.54, 1.807) is 0 Å². The van der Waals surface area contributed by atoms with Crippen LogP contribution in [0.15, 0.2) is 57.9 Å². The number of nitrogens with two attached hydrogens (primary N) is 1. The van der Waals surface area contributed by atoms with Crippen molar-refractivity contribution in [3.05, 3.63) is 64.1 Å². The summed E-state index contributed by atoms with van der Waals surface area (Å²) in [5, 5.41) is 8.16. The van der Waals surface area contributed by atoms with Gasteiger partial charge in [-0.25, -0.2) is 13.6 Å². The van der Waals surface area contributed by atoms with Gasteiger partial charge in [-0.05, 0) is 52.0 Å². The zero-order valence-corrected chi connectivity index (χ0v) is 16.5. The molecule has 2 aromatic rings. The Hall–Kier alpha value is -1.70. The largest absolute Gasteiger partial charge is 0.345 e. The molecule has 7 heteroatoms. The number of halogens is 1. The molecule has 0 aromatic heterocycles. The molecule has 0 heterocycles. The lowest BCUT2D eigenvalue weighted by Crippen LogP contribution is -2.30. The maximum absolute atomic E-state index is 12.7. The van der Waals surface area contributed by atoms with Crippen LogP contribution in [-0.4, -0.2) is 14.3 Å². The SMILES string of the molecule is CC(C)CC(NC(=O)c1cc(S(N)(=O)=O)ccc1Br)c1ccccc1. The van der Waals surface area contributed by atoms with E-state index in [1.807, 2.05) is 30.3 Å². The summed E-state index contributed by atoms with van der Waals surface area (Å²) in [6, 6.07) is 13.7. The van der Waals surface area contributed by atoms with Crippen molar-refractivity contribution in [2.75, 3.05) is 0 Å². The fraction of sp³-hybridized carbons (Fsp3) is 0.278. The standard InChI is InChI=1S/C18H21BrN2O3S/c1-12(2)10-17(13-6-4-3-5-7-13)21-18(22)15-11-14(25(20,23)24)8-9-16(15)19/h3-9,11-12,17H,10H2,1-2H3,(H,21,22)(H2,20,23,24). The van der Waals surface area contributed by atoms with Gasteiger partial charge in [0, 0.05) is 4.47 Å². The van der Waals surface area contributed by atoms with Crippen molar-refractivity contribution < 1.29 is 13.2 Å². The number of sulfonamides is 1. The second-order valence-corrected chi connectivity index (χ2v) is 8.67. The molecule has 0 saturated heterocycles. The molecule has 1 unspecified atom stereocenters. The van der Waals surface area contributed by atoms with Crippen LogP contribution < -0.4 is 10.5 Å². The van der Waals surface area contributed by atoms with Gasteiger partial charge in [-0.2, -0.15) is 0 Å². The van der Waals surface area contributed by atoms with Crippen LogP contribution in [0.3, 0.4) is 0 Å². The summed E-state index contributed by atoms with van der Waals surface area (Å²) < 4.78 is 23.6. The highest BCUT2D eigenvalue weighted by molar-refractivity contribution is 9.10. The van der Waals surface area contributed by atoms with Crippen molar-refractivity contribution in [1.29, 1.82) is 0 Å². The smallest absolute Gasteiger partial charge is 0.252 e. The zero-order valence-electron chi connectivity index (χ0n) is 14.1. The number of carbonyl (C=O) groups excluding carboxylic acids is 1. The van der Waals surface area contributed by atoms with Crippen molar-refractivity contribution in [1.82, 2.24) is 5.32 Å². The molecule has 0 fully saturated rings. The minimum absolute atomic E-state index is 0.0963. The molecule has 0 saturated carbocycles. The Morgan fingerprint density at radius 3 is 2.36 bits per heavy atom. The maximum atomic E-state index is 12.7. The lowest BCUT2D eigenvalue weighted by molar-refractivity contribution is 0.0931. The topological polar surface area (TPSA) is 89.3 Å². The number of hydrogen-bond donors (Lipinski definition) is 2. The maximum Gasteiger partial charge on any atom is 0.252 e. The molecule has 0 aliphatic carbocycles. The van der Waals surface area contributed by atoms with E-state index in [4.69, 9.17) is 5.14 Å². The van der Waals surface area contributed by atoms with Crippen LogP contribution >= 0.6 is 15.9 Å². The van der Waals surface area contributed by atoms with Crippen molar-refractivity contribution in [3.63, 3.8) is 0 Å². The van der Waals surface area contributed by atoms with Gasteiger partial charge in [0.2, 0.25) is 10.0 Å². The molecule has 2 rings (SSSR count). The molecule has 0 aliphatic rings. The summed E-state index contributed by atoms with van der Waals surface area (Å²) in [7, 11) is -3.88. The Morgan fingerprint density at radius 2 is 1.80 bits per heavy atom. The number of primary sulfonamides is 1. The van der Waals surface area contributed by atoms with Crippen molar-refractivity contribution in [2.45, 2.75) is 31.2 Å². The van der Waals surface area contributed by atoms with Crippen LogP contribution in [0.5, 0.6) is 0 Å². The van der Waals surface area contributed by atoms with Gasteiger partial charge in [-0.15, -0.1) is 0 Å². The van der Waals surface area contributed by atoms with Gasteiger partial charge in [-0.3, -0.25) is 4.79 Å². The number of hydrogen-bond acceptors (Lipinski definition) is 3. The Morgan fingerprint density at radius 1 is 1.16 bits per heavy atom. The normalized spacial score (nSPS) is 12.8. The molecule has 2 aromatic carbocycles. The third-order valence-electron chi connectivity index (χ3n) is 3.73. The molecule has 25 heavy (non-hydrogen) atoms. The highest BCUT2D eigenvalue weighted by Crippen LogP contribution is 2.24. The third kappa shape index (κ3) is 5.39. The van der Waals surface area contributed by atoms with Crippen LogP contribution in [0.25, 0.3) is 0 Å². The molecule has 0 radical (unpaired) electrons. The molecule has 1 atom stereocenters.